The second-order valence-electron chi connectivity index (χ2n) is 3.57. The van der Waals surface area contributed by atoms with E-state index in [-0.39, 0.29) is 5.91 Å². The lowest BCUT2D eigenvalue weighted by molar-refractivity contribution is -0.119. The molecule has 2 rings (SSSR count). The summed E-state index contributed by atoms with van der Waals surface area (Å²) in [6.45, 7) is 10.8. The molecule has 0 aromatic rings. The van der Waals surface area contributed by atoms with Crippen LogP contribution in [0.5, 0.6) is 0 Å². The number of hydrogen-bond acceptors (Lipinski definition) is 4. The van der Waals surface area contributed by atoms with E-state index in [1.807, 2.05) is 46.9 Å². The molecule has 0 aliphatic carbocycles. The standard InChI is InChI=1S/C6H10N2OS.C4H7NO.2C2H6/c1-5-3-6(10(2)9)8-7-4-5;6-4-2-1-3-5-4;2*1-2/h3-4,7-8H,1-2H3;1-3H2,(H,5,6);2*1-2H3. The Kier molecular flexibility index (Phi) is 14.8. The molecule has 118 valence electrons. The van der Waals surface area contributed by atoms with Crippen LogP contribution in [0.25, 0.3) is 0 Å². The minimum Gasteiger partial charge on any atom is -0.356 e. The predicted molar refractivity (Wildman–Crippen MR) is 87.1 cm³/mol. The number of carbonyl (C=O) groups is 1. The molecule has 0 saturated carbocycles. The third-order valence-electron chi connectivity index (χ3n) is 2.07. The molecule has 2 aliphatic rings. The minimum atomic E-state index is -0.926. The molecular formula is C14H29N3O2S. The average Bonchev–Trinajstić information content (AvgIpc) is 2.95. The third-order valence-corrected chi connectivity index (χ3v) is 2.91. The monoisotopic (exact) mass is 303 g/mol. The van der Waals surface area contributed by atoms with Crippen LogP contribution in [-0.2, 0) is 15.6 Å². The fraction of sp³-hybridized carbons (Fsp3) is 0.643. The van der Waals surface area contributed by atoms with Crippen molar-refractivity contribution in [1.82, 2.24) is 16.2 Å². The Labute approximate surface area is 125 Å². The highest BCUT2D eigenvalue weighted by Gasteiger charge is 2.05. The second-order valence-corrected chi connectivity index (χ2v) is 4.92. The summed E-state index contributed by atoms with van der Waals surface area (Å²) in [6, 6.07) is 0. The first kappa shape index (κ1) is 21.0. The highest BCUT2D eigenvalue weighted by Crippen LogP contribution is 2.03. The van der Waals surface area contributed by atoms with Crippen LogP contribution in [0.4, 0.5) is 0 Å². The summed E-state index contributed by atoms with van der Waals surface area (Å²) in [6.07, 6.45) is 7.07. The Balaban J connectivity index is 0. The quantitative estimate of drug-likeness (QED) is 0.694. The van der Waals surface area contributed by atoms with Crippen LogP contribution >= 0.6 is 0 Å². The lowest BCUT2D eigenvalue weighted by atomic mass is 10.3. The molecule has 5 nitrogen and oxygen atoms in total. The zero-order valence-corrected chi connectivity index (χ0v) is 14.3. The van der Waals surface area contributed by atoms with Gasteiger partial charge in [0.05, 0.1) is 10.8 Å². The molecule has 6 heteroatoms. The van der Waals surface area contributed by atoms with Gasteiger partial charge in [-0.2, -0.15) is 0 Å². The van der Waals surface area contributed by atoms with E-state index in [1.165, 1.54) is 0 Å². The van der Waals surface area contributed by atoms with Gasteiger partial charge in [0.1, 0.15) is 5.03 Å². The van der Waals surface area contributed by atoms with Crippen molar-refractivity contribution in [2.45, 2.75) is 47.5 Å². The molecule has 20 heavy (non-hydrogen) atoms. The van der Waals surface area contributed by atoms with Crippen LogP contribution in [0.2, 0.25) is 0 Å². The maximum Gasteiger partial charge on any atom is 0.220 e. The summed E-state index contributed by atoms with van der Waals surface area (Å²) in [4.78, 5) is 10.1. The van der Waals surface area contributed by atoms with E-state index >= 15 is 0 Å². The van der Waals surface area contributed by atoms with Crippen molar-refractivity contribution in [2.75, 3.05) is 12.8 Å². The molecule has 1 saturated heterocycles. The summed E-state index contributed by atoms with van der Waals surface area (Å²) in [5.74, 6) is 0.204. The fourth-order valence-corrected chi connectivity index (χ4v) is 1.78. The Morgan fingerprint density at radius 1 is 1.20 bits per heavy atom. The van der Waals surface area contributed by atoms with E-state index in [2.05, 4.69) is 16.2 Å². The summed E-state index contributed by atoms with van der Waals surface area (Å²) >= 11 is 0. The van der Waals surface area contributed by atoms with Gasteiger partial charge in [-0.3, -0.25) is 14.4 Å². The Morgan fingerprint density at radius 2 is 1.80 bits per heavy atom. The first-order valence-electron chi connectivity index (χ1n) is 7.09. The van der Waals surface area contributed by atoms with Gasteiger partial charge >= 0.3 is 0 Å². The molecule has 1 unspecified atom stereocenters. The van der Waals surface area contributed by atoms with Crippen molar-refractivity contribution in [1.29, 1.82) is 0 Å². The number of allylic oxidation sites excluding steroid dienone is 2. The highest BCUT2D eigenvalue weighted by atomic mass is 32.2. The predicted octanol–water partition coefficient (Wildman–Crippen LogP) is 2.17. The lowest BCUT2D eigenvalue weighted by Crippen LogP contribution is -2.30. The van der Waals surface area contributed by atoms with E-state index in [1.54, 1.807) is 6.26 Å². The first-order valence-corrected chi connectivity index (χ1v) is 8.65. The van der Waals surface area contributed by atoms with Crippen molar-refractivity contribution < 1.29 is 9.00 Å². The molecule has 0 spiro atoms. The van der Waals surface area contributed by atoms with Crippen LogP contribution < -0.4 is 16.2 Å². The molecule has 0 aromatic heterocycles. The van der Waals surface area contributed by atoms with Crippen LogP contribution in [0.3, 0.4) is 0 Å². The van der Waals surface area contributed by atoms with Gasteiger partial charge in [-0.05, 0) is 25.0 Å². The van der Waals surface area contributed by atoms with E-state index in [4.69, 9.17) is 0 Å². The van der Waals surface area contributed by atoms with Crippen molar-refractivity contribution >= 4 is 16.7 Å². The summed E-state index contributed by atoms with van der Waals surface area (Å²) in [5, 5.41) is 3.40. The van der Waals surface area contributed by atoms with E-state index in [0.717, 1.165) is 30.0 Å². The van der Waals surface area contributed by atoms with Crippen molar-refractivity contribution in [3.8, 4) is 0 Å². The van der Waals surface area contributed by atoms with Gasteiger partial charge in [0, 0.05) is 25.4 Å². The largest absolute Gasteiger partial charge is 0.356 e. The molecule has 0 radical (unpaired) electrons. The molecule has 2 heterocycles. The molecule has 0 bridgehead atoms. The maximum atomic E-state index is 10.9. The van der Waals surface area contributed by atoms with Gasteiger partial charge in [0.2, 0.25) is 5.91 Å². The minimum absolute atomic E-state index is 0.204. The molecular weight excluding hydrogens is 274 g/mol. The number of nitrogens with one attached hydrogen (secondary N) is 3. The van der Waals surface area contributed by atoms with E-state index < -0.39 is 10.8 Å². The molecule has 3 N–H and O–H groups in total. The zero-order valence-electron chi connectivity index (χ0n) is 13.5. The first-order chi connectivity index (χ1) is 9.59. The number of carbonyl (C=O) groups excluding carboxylic acids is 1. The zero-order chi connectivity index (χ0) is 16.0. The summed E-state index contributed by atoms with van der Waals surface area (Å²) in [7, 11) is -0.926. The normalized spacial score (nSPS) is 16.8. The number of hydrazine groups is 1. The van der Waals surface area contributed by atoms with E-state index in [0.29, 0.717) is 0 Å². The highest BCUT2D eigenvalue weighted by molar-refractivity contribution is 7.88. The van der Waals surface area contributed by atoms with Gasteiger partial charge in [-0.1, -0.05) is 27.7 Å². The van der Waals surface area contributed by atoms with Gasteiger partial charge in [-0.15, -0.1) is 0 Å². The van der Waals surface area contributed by atoms with Crippen molar-refractivity contribution in [3.63, 3.8) is 0 Å². The molecule has 1 atom stereocenters. The average molecular weight is 303 g/mol. The van der Waals surface area contributed by atoms with Crippen molar-refractivity contribution in [3.05, 3.63) is 22.9 Å². The van der Waals surface area contributed by atoms with Crippen molar-refractivity contribution in [2.24, 2.45) is 0 Å². The summed E-state index contributed by atoms with van der Waals surface area (Å²) < 4.78 is 10.9. The molecule has 1 fully saturated rings. The fourth-order valence-electron chi connectivity index (χ4n) is 1.23. The molecule has 2 aliphatic heterocycles. The molecule has 1 amide bonds. The lowest BCUT2D eigenvalue weighted by Gasteiger charge is -2.12. The smallest absolute Gasteiger partial charge is 0.220 e. The molecule has 0 aromatic carbocycles. The maximum absolute atomic E-state index is 10.9. The van der Waals surface area contributed by atoms with Crippen LogP contribution in [0.1, 0.15) is 47.5 Å². The number of hydrogen-bond donors (Lipinski definition) is 3. The summed E-state index contributed by atoms with van der Waals surface area (Å²) in [5.41, 5.74) is 6.65. The van der Waals surface area contributed by atoms with Gasteiger partial charge in [0.25, 0.3) is 0 Å². The van der Waals surface area contributed by atoms with Gasteiger partial charge < -0.3 is 10.7 Å². The SMILES string of the molecule is CC.CC.CC1=CNNC(S(C)=O)=C1.O=C1CCCN1. The third kappa shape index (κ3) is 10.6. The second kappa shape index (κ2) is 14.1. The van der Waals surface area contributed by atoms with Crippen LogP contribution in [0, 0.1) is 0 Å². The number of amides is 1. The van der Waals surface area contributed by atoms with Gasteiger partial charge in [-0.25, -0.2) is 0 Å². The van der Waals surface area contributed by atoms with Gasteiger partial charge in [0.15, 0.2) is 0 Å². The van der Waals surface area contributed by atoms with Crippen LogP contribution in [0.15, 0.2) is 22.9 Å². The Hall–Kier alpha value is -1.30. The number of rotatable bonds is 1. The Bertz CT molecular complexity index is 344. The Morgan fingerprint density at radius 3 is 2.05 bits per heavy atom. The topological polar surface area (TPSA) is 70.2 Å². The van der Waals surface area contributed by atoms with Crippen LogP contribution in [-0.4, -0.2) is 22.9 Å². The van der Waals surface area contributed by atoms with E-state index in [9.17, 15) is 9.00 Å².